The van der Waals surface area contributed by atoms with Crippen molar-refractivity contribution >= 4 is 43.1 Å². The van der Waals surface area contributed by atoms with Crippen LogP contribution in [0.15, 0.2) is 72.8 Å². The minimum Gasteiger partial charge on any atom is -1.00 e. The molecule has 0 spiro atoms. The van der Waals surface area contributed by atoms with Gasteiger partial charge >= 0.3 is 0 Å². The van der Waals surface area contributed by atoms with E-state index in [2.05, 4.69) is 72.8 Å². The average Bonchev–Trinajstić information content (AvgIpc) is 2.52. The number of fused-ring (bicyclic) bond motifs is 2. The van der Waals surface area contributed by atoms with Crippen LogP contribution < -0.4 is 17.0 Å². The fourth-order valence-corrected chi connectivity index (χ4v) is 3.58. The third-order valence-electron chi connectivity index (χ3n) is 4.39. The summed E-state index contributed by atoms with van der Waals surface area (Å²) >= 11 is 0. The molecule has 0 aliphatic carbocycles. The molecule has 0 bridgehead atoms. The fraction of sp³-hybridized carbons (Fsp3) is 0. The molecule has 1 heteroatoms. The van der Waals surface area contributed by atoms with Gasteiger partial charge in [-0.1, -0.05) is 72.8 Å². The van der Waals surface area contributed by atoms with E-state index in [1.807, 2.05) is 0 Å². The Balaban J connectivity index is 0.00000115. The molecule has 0 heterocycles. The van der Waals surface area contributed by atoms with Crippen LogP contribution in [0, 0.1) is 0 Å². The molecule has 21 heavy (non-hydrogen) atoms. The lowest BCUT2D eigenvalue weighted by Gasteiger charge is -2.13. The van der Waals surface area contributed by atoms with Gasteiger partial charge in [0.2, 0.25) is 0 Å². The quantitative estimate of drug-likeness (QED) is 0.302. The highest BCUT2D eigenvalue weighted by Crippen LogP contribution is 2.39. The minimum absolute atomic E-state index is 0. The van der Waals surface area contributed by atoms with Gasteiger partial charge in [-0.3, -0.25) is 0 Å². The molecule has 0 aromatic heterocycles. The van der Waals surface area contributed by atoms with Gasteiger partial charge < -0.3 is 17.0 Å². The fourth-order valence-electron chi connectivity index (χ4n) is 3.58. The average molecular weight is 332 g/mol. The van der Waals surface area contributed by atoms with Crippen LogP contribution in [0.25, 0.3) is 43.1 Å². The van der Waals surface area contributed by atoms with E-state index in [1.54, 1.807) is 0 Å². The summed E-state index contributed by atoms with van der Waals surface area (Å²) in [6.45, 7) is 0. The molecule has 0 radical (unpaired) electrons. The predicted octanol–water partition coefficient (Wildman–Crippen LogP) is 2.74. The second-order valence-electron chi connectivity index (χ2n) is 5.42. The van der Waals surface area contributed by atoms with Crippen molar-refractivity contribution in [3.63, 3.8) is 0 Å². The molecule has 100 valence electrons. The Labute approximate surface area is 133 Å². The maximum atomic E-state index is 2.25. The summed E-state index contributed by atoms with van der Waals surface area (Å²) in [4.78, 5) is 0. The van der Waals surface area contributed by atoms with Gasteiger partial charge in [-0.15, -0.1) is 0 Å². The molecular weight excluding hydrogens is 320 g/mol. The van der Waals surface area contributed by atoms with Gasteiger partial charge in [-0.2, -0.15) is 0 Å². The zero-order valence-electron chi connectivity index (χ0n) is 11.3. The molecule has 0 atom stereocenters. The number of benzene rings is 5. The van der Waals surface area contributed by atoms with Gasteiger partial charge in [0.25, 0.3) is 0 Å². The topological polar surface area (TPSA) is 0 Å². The van der Waals surface area contributed by atoms with Crippen LogP contribution in [0.1, 0.15) is 0 Å². The summed E-state index contributed by atoms with van der Waals surface area (Å²) in [6, 6.07) is 26.4. The highest BCUT2D eigenvalue weighted by atomic mass is 79.9. The zero-order valence-corrected chi connectivity index (χ0v) is 12.9. The van der Waals surface area contributed by atoms with Gasteiger partial charge in [-0.25, -0.2) is 0 Å². The second-order valence-corrected chi connectivity index (χ2v) is 5.42. The normalized spacial score (nSPS) is 11.4. The van der Waals surface area contributed by atoms with E-state index in [1.165, 1.54) is 43.1 Å². The molecule has 0 fully saturated rings. The number of hydrogen-bond donors (Lipinski definition) is 0. The highest BCUT2D eigenvalue weighted by Gasteiger charge is 2.11. The first-order chi connectivity index (χ1) is 9.93. The molecule has 5 aromatic carbocycles. The molecule has 0 aliphatic rings. The van der Waals surface area contributed by atoms with Crippen LogP contribution in [0.5, 0.6) is 0 Å². The van der Waals surface area contributed by atoms with Crippen LogP contribution in [0.4, 0.5) is 0 Å². The second kappa shape index (κ2) is 4.44. The molecule has 0 amide bonds. The third kappa shape index (κ3) is 1.55. The lowest BCUT2D eigenvalue weighted by molar-refractivity contribution is -0.00000361. The Morgan fingerprint density at radius 2 is 0.667 bits per heavy atom. The molecule has 0 aliphatic heterocycles. The standard InChI is InChI=1S/C20H12.BrH/c1-5-13-6-2-11-17-18-12-4-8-14-7-3-10-16(20(14)18)15(9-1)19(13)17;/h1-12H;1H/p-1. The van der Waals surface area contributed by atoms with Crippen molar-refractivity contribution < 1.29 is 17.0 Å². The number of rotatable bonds is 0. The van der Waals surface area contributed by atoms with Crippen molar-refractivity contribution in [3.8, 4) is 0 Å². The van der Waals surface area contributed by atoms with Crippen LogP contribution >= 0.6 is 0 Å². The highest BCUT2D eigenvalue weighted by molar-refractivity contribution is 6.32. The summed E-state index contributed by atoms with van der Waals surface area (Å²) < 4.78 is 0. The van der Waals surface area contributed by atoms with E-state index >= 15 is 0 Å². The lowest BCUT2D eigenvalue weighted by atomic mass is 9.90. The van der Waals surface area contributed by atoms with Gasteiger partial charge in [-0.05, 0) is 43.1 Å². The van der Waals surface area contributed by atoms with E-state index < -0.39 is 0 Å². The van der Waals surface area contributed by atoms with Crippen molar-refractivity contribution in [2.45, 2.75) is 0 Å². The summed E-state index contributed by atoms with van der Waals surface area (Å²) in [5.41, 5.74) is 0. The van der Waals surface area contributed by atoms with E-state index in [4.69, 9.17) is 0 Å². The maximum Gasteiger partial charge on any atom is -0.00264 e. The van der Waals surface area contributed by atoms with Crippen molar-refractivity contribution in [1.29, 1.82) is 0 Å². The Hall–Kier alpha value is -2.12. The Morgan fingerprint density at radius 3 is 0.952 bits per heavy atom. The number of halogens is 1. The first kappa shape index (κ1) is 12.6. The summed E-state index contributed by atoms with van der Waals surface area (Å²) in [5.74, 6) is 0. The largest absolute Gasteiger partial charge is 1.00 e. The van der Waals surface area contributed by atoms with E-state index in [-0.39, 0.29) is 17.0 Å². The lowest BCUT2D eigenvalue weighted by Crippen LogP contribution is -3.00. The third-order valence-corrected chi connectivity index (χ3v) is 4.39. The maximum absolute atomic E-state index is 2.25. The Bertz CT molecular complexity index is 923. The summed E-state index contributed by atoms with van der Waals surface area (Å²) in [5, 5.41) is 10.9. The zero-order chi connectivity index (χ0) is 13.1. The van der Waals surface area contributed by atoms with Crippen LogP contribution in [-0.4, -0.2) is 0 Å². The molecule has 5 aromatic rings. The van der Waals surface area contributed by atoms with Crippen molar-refractivity contribution in [3.05, 3.63) is 72.8 Å². The first-order valence-electron chi connectivity index (χ1n) is 6.98. The van der Waals surface area contributed by atoms with Crippen LogP contribution in [-0.2, 0) is 0 Å². The van der Waals surface area contributed by atoms with Crippen LogP contribution in [0.2, 0.25) is 0 Å². The molecule has 0 saturated carbocycles. The monoisotopic (exact) mass is 331 g/mol. The minimum atomic E-state index is 0. The van der Waals surface area contributed by atoms with Crippen molar-refractivity contribution in [2.24, 2.45) is 0 Å². The molecule has 0 N–H and O–H groups in total. The SMILES string of the molecule is [Br-].c1cc2cccc3c4cccc5cccc(c(c1)c23)c54. The summed E-state index contributed by atoms with van der Waals surface area (Å²) in [6.07, 6.45) is 0. The van der Waals surface area contributed by atoms with Crippen molar-refractivity contribution in [1.82, 2.24) is 0 Å². The Kier molecular flexibility index (Phi) is 2.66. The molecule has 0 nitrogen and oxygen atoms in total. The van der Waals surface area contributed by atoms with E-state index in [0.717, 1.165) is 0 Å². The van der Waals surface area contributed by atoms with Gasteiger partial charge in [0, 0.05) is 0 Å². The molecule has 5 rings (SSSR count). The van der Waals surface area contributed by atoms with Gasteiger partial charge in [0.15, 0.2) is 0 Å². The Morgan fingerprint density at radius 1 is 0.381 bits per heavy atom. The number of hydrogen-bond acceptors (Lipinski definition) is 0. The summed E-state index contributed by atoms with van der Waals surface area (Å²) in [7, 11) is 0. The molecular formula is C20H12Br-. The van der Waals surface area contributed by atoms with Gasteiger partial charge in [0.05, 0.1) is 0 Å². The van der Waals surface area contributed by atoms with E-state index in [9.17, 15) is 0 Å². The molecule has 0 saturated heterocycles. The first-order valence-corrected chi connectivity index (χ1v) is 6.98. The predicted molar refractivity (Wildman–Crippen MR) is 87.7 cm³/mol. The van der Waals surface area contributed by atoms with E-state index in [0.29, 0.717) is 0 Å². The van der Waals surface area contributed by atoms with Gasteiger partial charge in [0.1, 0.15) is 0 Å². The van der Waals surface area contributed by atoms with Crippen molar-refractivity contribution in [2.75, 3.05) is 0 Å². The van der Waals surface area contributed by atoms with Crippen LogP contribution in [0.3, 0.4) is 0 Å². The smallest absolute Gasteiger partial charge is 0.00264 e. The molecule has 0 unspecified atom stereocenters.